The lowest BCUT2D eigenvalue weighted by Gasteiger charge is -2.33. The molecule has 0 radical (unpaired) electrons. The Hall–Kier alpha value is -2.90. The molecule has 1 aliphatic heterocycles. The van der Waals surface area contributed by atoms with Crippen molar-refractivity contribution in [2.75, 3.05) is 23.3 Å². The molecular formula is C19H18F3N5. The van der Waals surface area contributed by atoms with Gasteiger partial charge in [-0.2, -0.15) is 13.2 Å². The van der Waals surface area contributed by atoms with Gasteiger partial charge in [-0.15, -0.1) is 0 Å². The Morgan fingerprint density at radius 3 is 2.59 bits per heavy atom. The third-order valence-corrected chi connectivity index (χ3v) is 4.81. The maximum absolute atomic E-state index is 12.8. The smallest absolute Gasteiger partial charge is 0.356 e. The molecule has 4 rings (SSSR count). The van der Waals surface area contributed by atoms with Crippen LogP contribution in [0.2, 0.25) is 0 Å². The minimum Gasteiger partial charge on any atom is -0.356 e. The van der Waals surface area contributed by atoms with E-state index in [2.05, 4.69) is 20.3 Å². The Morgan fingerprint density at radius 2 is 1.81 bits per heavy atom. The number of rotatable bonds is 3. The van der Waals surface area contributed by atoms with Gasteiger partial charge in [-0.25, -0.2) is 9.97 Å². The zero-order valence-electron chi connectivity index (χ0n) is 14.4. The number of nitrogens with one attached hydrogen (secondary N) is 1. The van der Waals surface area contributed by atoms with Gasteiger partial charge in [-0.1, -0.05) is 12.1 Å². The topological polar surface area (TPSA) is 53.9 Å². The van der Waals surface area contributed by atoms with Crippen molar-refractivity contribution in [3.8, 4) is 0 Å². The Morgan fingerprint density at radius 1 is 1.00 bits per heavy atom. The normalized spacial score (nSPS) is 15.9. The number of hydrogen-bond acceptors (Lipinski definition) is 5. The number of nitrogens with zero attached hydrogens (tertiary/aromatic N) is 4. The fourth-order valence-electron chi connectivity index (χ4n) is 3.32. The van der Waals surface area contributed by atoms with E-state index in [-0.39, 0.29) is 12.8 Å². The molecule has 0 atom stereocenters. The van der Waals surface area contributed by atoms with Gasteiger partial charge in [0, 0.05) is 36.4 Å². The summed E-state index contributed by atoms with van der Waals surface area (Å²) in [6.07, 6.45) is -0.778. The maximum Gasteiger partial charge on any atom is 0.391 e. The quantitative estimate of drug-likeness (QED) is 0.730. The Labute approximate surface area is 154 Å². The van der Waals surface area contributed by atoms with Crippen LogP contribution in [0.3, 0.4) is 0 Å². The molecule has 1 N–H and O–H groups in total. The molecule has 140 valence electrons. The van der Waals surface area contributed by atoms with Crippen LogP contribution in [0, 0.1) is 5.92 Å². The average Bonchev–Trinajstić information content (AvgIpc) is 2.68. The molecule has 0 saturated carbocycles. The van der Waals surface area contributed by atoms with Crippen LogP contribution in [0.4, 0.5) is 30.5 Å². The third kappa shape index (κ3) is 3.94. The Kier molecular flexibility index (Phi) is 4.55. The number of fused-ring (bicyclic) bond motifs is 1. The molecule has 8 heteroatoms. The number of halogens is 3. The standard InChI is InChI=1S/C19H18F3N5/c20-19(21,22)14-5-8-27(9-6-14)18-11-17(24-12-25-18)26-15-4-3-13-2-1-7-23-16(13)10-15/h1-4,7,10-12,14H,5-6,8-9H2,(H,24,25,26). The van der Waals surface area contributed by atoms with Gasteiger partial charge >= 0.3 is 6.18 Å². The lowest BCUT2D eigenvalue weighted by Crippen LogP contribution is -2.39. The average molecular weight is 373 g/mol. The minimum absolute atomic E-state index is 0.0899. The SMILES string of the molecule is FC(F)(F)C1CCN(c2cc(Nc3ccc4cccnc4c3)ncn2)CC1. The van der Waals surface area contributed by atoms with Crippen LogP contribution in [0.1, 0.15) is 12.8 Å². The van der Waals surface area contributed by atoms with E-state index in [9.17, 15) is 13.2 Å². The second-order valence-electron chi connectivity index (χ2n) is 6.60. The molecule has 2 aromatic heterocycles. The number of hydrogen-bond donors (Lipinski definition) is 1. The summed E-state index contributed by atoms with van der Waals surface area (Å²) >= 11 is 0. The van der Waals surface area contributed by atoms with Gasteiger partial charge in [0.1, 0.15) is 18.0 Å². The summed E-state index contributed by atoms with van der Waals surface area (Å²) in [6.45, 7) is 0.668. The van der Waals surface area contributed by atoms with Crippen molar-refractivity contribution >= 4 is 28.2 Å². The molecule has 1 aliphatic rings. The molecule has 3 aromatic rings. The lowest BCUT2D eigenvalue weighted by molar-refractivity contribution is -0.179. The van der Waals surface area contributed by atoms with Crippen molar-refractivity contribution in [2.45, 2.75) is 19.0 Å². The lowest BCUT2D eigenvalue weighted by atomic mass is 9.96. The summed E-state index contributed by atoms with van der Waals surface area (Å²) in [5.41, 5.74) is 1.70. The summed E-state index contributed by atoms with van der Waals surface area (Å²) < 4.78 is 38.5. The highest BCUT2D eigenvalue weighted by molar-refractivity contribution is 5.82. The van der Waals surface area contributed by atoms with E-state index in [4.69, 9.17) is 0 Å². The van der Waals surface area contributed by atoms with E-state index in [1.807, 2.05) is 35.2 Å². The fraction of sp³-hybridized carbons (Fsp3) is 0.316. The van der Waals surface area contributed by atoms with Crippen molar-refractivity contribution in [1.29, 1.82) is 0 Å². The van der Waals surface area contributed by atoms with Crippen molar-refractivity contribution < 1.29 is 13.2 Å². The van der Waals surface area contributed by atoms with Gasteiger partial charge < -0.3 is 10.2 Å². The largest absolute Gasteiger partial charge is 0.391 e. The molecule has 27 heavy (non-hydrogen) atoms. The summed E-state index contributed by atoms with van der Waals surface area (Å²) in [6, 6.07) is 11.4. The van der Waals surface area contributed by atoms with Gasteiger partial charge in [0.15, 0.2) is 0 Å². The fourth-order valence-corrected chi connectivity index (χ4v) is 3.32. The predicted molar refractivity (Wildman–Crippen MR) is 98.0 cm³/mol. The van der Waals surface area contributed by atoms with Gasteiger partial charge in [0.2, 0.25) is 0 Å². The molecule has 1 saturated heterocycles. The zero-order chi connectivity index (χ0) is 18.9. The highest BCUT2D eigenvalue weighted by atomic mass is 19.4. The molecule has 0 amide bonds. The van der Waals surface area contributed by atoms with Crippen LogP contribution in [0.15, 0.2) is 48.9 Å². The molecule has 0 bridgehead atoms. The summed E-state index contributed by atoms with van der Waals surface area (Å²) in [7, 11) is 0. The third-order valence-electron chi connectivity index (χ3n) is 4.81. The summed E-state index contributed by atoms with van der Waals surface area (Å²) in [5.74, 6) is -0.00135. The highest BCUT2D eigenvalue weighted by Crippen LogP contribution is 2.35. The number of piperidine rings is 1. The second kappa shape index (κ2) is 7.02. The van der Waals surface area contributed by atoms with Crippen molar-refractivity contribution in [3.63, 3.8) is 0 Å². The van der Waals surface area contributed by atoms with Crippen molar-refractivity contribution in [3.05, 3.63) is 48.9 Å². The molecule has 5 nitrogen and oxygen atoms in total. The van der Waals surface area contributed by atoms with Crippen LogP contribution in [-0.4, -0.2) is 34.2 Å². The molecule has 1 fully saturated rings. The molecular weight excluding hydrogens is 355 g/mol. The summed E-state index contributed by atoms with van der Waals surface area (Å²) in [4.78, 5) is 14.6. The van der Waals surface area contributed by atoms with E-state index < -0.39 is 12.1 Å². The van der Waals surface area contributed by atoms with E-state index >= 15 is 0 Å². The van der Waals surface area contributed by atoms with Crippen LogP contribution in [0.25, 0.3) is 10.9 Å². The molecule has 0 unspecified atom stereocenters. The monoisotopic (exact) mass is 373 g/mol. The number of anilines is 3. The van der Waals surface area contributed by atoms with Crippen LogP contribution in [0.5, 0.6) is 0 Å². The van der Waals surface area contributed by atoms with Gasteiger partial charge in [0.25, 0.3) is 0 Å². The number of alkyl halides is 3. The highest BCUT2D eigenvalue weighted by Gasteiger charge is 2.41. The molecule has 0 aliphatic carbocycles. The van der Waals surface area contributed by atoms with Gasteiger partial charge in [0.05, 0.1) is 11.4 Å². The van der Waals surface area contributed by atoms with Crippen molar-refractivity contribution in [1.82, 2.24) is 15.0 Å². The maximum atomic E-state index is 12.8. The Balaban J connectivity index is 1.47. The first kappa shape index (κ1) is 17.5. The van der Waals surface area contributed by atoms with E-state index in [1.165, 1.54) is 6.33 Å². The number of aromatic nitrogens is 3. The van der Waals surface area contributed by atoms with Crippen LogP contribution < -0.4 is 10.2 Å². The molecule has 3 heterocycles. The molecule has 0 spiro atoms. The number of pyridine rings is 1. The first-order valence-electron chi connectivity index (χ1n) is 8.74. The predicted octanol–water partition coefficient (Wildman–Crippen LogP) is 4.55. The Bertz CT molecular complexity index is 936. The number of benzene rings is 1. The van der Waals surface area contributed by atoms with Crippen LogP contribution >= 0.6 is 0 Å². The van der Waals surface area contributed by atoms with E-state index in [1.54, 1.807) is 12.3 Å². The zero-order valence-corrected chi connectivity index (χ0v) is 14.4. The van der Waals surface area contributed by atoms with Gasteiger partial charge in [-0.05, 0) is 31.0 Å². The summed E-state index contributed by atoms with van der Waals surface area (Å²) in [5, 5.41) is 4.25. The van der Waals surface area contributed by atoms with E-state index in [0.717, 1.165) is 16.6 Å². The minimum atomic E-state index is -4.12. The van der Waals surface area contributed by atoms with E-state index in [0.29, 0.717) is 24.7 Å². The van der Waals surface area contributed by atoms with Crippen LogP contribution in [-0.2, 0) is 0 Å². The second-order valence-corrected chi connectivity index (χ2v) is 6.60. The first-order chi connectivity index (χ1) is 13.0. The first-order valence-corrected chi connectivity index (χ1v) is 8.74. The molecule has 1 aromatic carbocycles. The van der Waals surface area contributed by atoms with Crippen molar-refractivity contribution in [2.24, 2.45) is 5.92 Å². The van der Waals surface area contributed by atoms with Gasteiger partial charge in [-0.3, -0.25) is 4.98 Å².